The van der Waals surface area contributed by atoms with Gasteiger partial charge in [-0.05, 0) is 30.2 Å². The Morgan fingerprint density at radius 2 is 1.88 bits per heavy atom. The number of carbonyl (C=O) groups excluding carboxylic acids is 3. The normalized spacial score (nSPS) is 19.5. The lowest BCUT2D eigenvalue weighted by Crippen LogP contribution is -2.42. The average molecular weight is 384 g/mol. The zero-order valence-electron chi connectivity index (χ0n) is 14.7. The Bertz CT molecular complexity index is 660. The second-order valence-corrected chi connectivity index (χ2v) is 7.00. The third-order valence-electron chi connectivity index (χ3n) is 3.84. The lowest BCUT2D eigenvalue weighted by Gasteiger charge is -2.22. The summed E-state index contributed by atoms with van der Waals surface area (Å²) in [6, 6.07) is 5.23. The molecule has 0 radical (unpaired) electrons. The lowest BCUT2D eigenvalue weighted by molar-refractivity contribution is -0.147. The van der Waals surface area contributed by atoms with Crippen LogP contribution >= 0.6 is 11.6 Å². The molecule has 0 spiro atoms. The van der Waals surface area contributed by atoms with E-state index in [9.17, 15) is 19.5 Å². The van der Waals surface area contributed by atoms with Crippen molar-refractivity contribution in [2.75, 3.05) is 19.8 Å². The second-order valence-electron chi connectivity index (χ2n) is 6.57. The van der Waals surface area contributed by atoms with E-state index in [0.717, 1.165) is 4.90 Å². The minimum atomic E-state index is -0.970. The van der Waals surface area contributed by atoms with Gasteiger partial charge in [0.05, 0.1) is 19.3 Å². The van der Waals surface area contributed by atoms with Crippen LogP contribution in [0.25, 0.3) is 0 Å². The number of esters is 1. The Morgan fingerprint density at radius 1 is 1.23 bits per heavy atom. The van der Waals surface area contributed by atoms with Crippen molar-refractivity contribution in [3.05, 3.63) is 34.9 Å². The largest absolute Gasteiger partial charge is 0.456 e. The maximum absolute atomic E-state index is 12.3. The first-order valence-corrected chi connectivity index (χ1v) is 8.72. The van der Waals surface area contributed by atoms with Crippen LogP contribution in [-0.2, 0) is 14.3 Å². The van der Waals surface area contributed by atoms with E-state index in [1.54, 1.807) is 12.1 Å². The summed E-state index contributed by atoms with van der Waals surface area (Å²) >= 11 is 5.76. The molecule has 1 aromatic rings. The maximum atomic E-state index is 12.3. The van der Waals surface area contributed by atoms with Gasteiger partial charge in [0.2, 0.25) is 0 Å². The monoisotopic (exact) mass is 383 g/mol. The summed E-state index contributed by atoms with van der Waals surface area (Å²) in [5.74, 6) is -0.985. The number of ether oxygens (including phenoxy) is 2. The number of aliphatic hydroxyl groups excluding tert-OH is 1. The van der Waals surface area contributed by atoms with E-state index < -0.39 is 30.8 Å². The number of carbonyl (C=O) groups is 3. The smallest absolute Gasteiger partial charge is 0.410 e. The molecule has 1 aliphatic rings. The molecular formula is C18H22ClNO6. The van der Waals surface area contributed by atoms with Gasteiger partial charge in [-0.15, -0.1) is 0 Å². The Hall–Kier alpha value is -2.12. The van der Waals surface area contributed by atoms with Gasteiger partial charge >= 0.3 is 12.1 Å². The van der Waals surface area contributed by atoms with Crippen LogP contribution in [0.3, 0.4) is 0 Å². The van der Waals surface area contributed by atoms with Crippen LogP contribution in [0, 0.1) is 5.92 Å². The topological polar surface area (TPSA) is 93.1 Å². The highest BCUT2D eigenvalue weighted by Crippen LogP contribution is 2.21. The van der Waals surface area contributed by atoms with E-state index in [-0.39, 0.29) is 31.3 Å². The minimum absolute atomic E-state index is 0.0121. The zero-order chi connectivity index (χ0) is 19.3. The summed E-state index contributed by atoms with van der Waals surface area (Å²) in [6.07, 6.45) is -1.47. The van der Waals surface area contributed by atoms with Gasteiger partial charge < -0.3 is 14.6 Å². The standard InChI is InChI=1S/C18H22ClNO6/c1-11(2)9-26-18(24)20-8-14(21)7-15(20)17(23)25-10-16(22)12-3-5-13(19)6-4-12/h3-6,11,14-15,21H,7-10H2,1-2H3/t14-,15-/m1/s1. The molecule has 0 unspecified atom stereocenters. The van der Waals surface area contributed by atoms with Crippen LogP contribution in [0.5, 0.6) is 0 Å². The van der Waals surface area contributed by atoms with Gasteiger partial charge in [0.25, 0.3) is 0 Å². The van der Waals surface area contributed by atoms with Crippen molar-refractivity contribution in [2.45, 2.75) is 32.4 Å². The fourth-order valence-corrected chi connectivity index (χ4v) is 2.64. The fraction of sp³-hybridized carbons (Fsp3) is 0.500. The molecule has 8 heteroatoms. The number of Topliss-reactive ketones (excluding diaryl/α,β-unsaturated/α-hetero) is 1. The van der Waals surface area contributed by atoms with Gasteiger partial charge in [0.1, 0.15) is 6.04 Å². The number of benzene rings is 1. The fourth-order valence-electron chi connectivity index (χ4n) is 2.51. The number of likely N-dealkylation sites (tertiary alicyclic amines) is 1. The summed E-state index contributed by atoms with van der Waals surface area (Å²) in [4.78, 5) is 37.6. The maximum Gasteiger partial charge on any atom is 0.410 e. The van der Waals surface area contributed by atoms with E-state index in [2.05, 4.69) is 0 Å². The summed E-state index contributed by atoms with van der Waals surface area (Å²) in [5.41, 5.74) is 0.363. The molecular weight excluding hydrogens is 362 g/mol. The Balaban J connectivity index is 1.92. The van der Waals surface area contributed by atoms with Crippen molar-refractivity contribution >= 4 is 29.4 Å². The number of hydrogen-bond acceptors (Lipinski definition) is 6. The summed E-state index contributed by atoms with van der Waals surface area (Å²) < 4.78 is 10.2. The molecule has 142 valence electrons. The summed E-state index contributed by atoms with van der Waals surface area (Å²) in [6.45, 7) is 3.52. The number of hydrogen-bond donors (Lipinski definition) is 1. The molecule has 1 aliphatic heterocycles. The molecule has 1 amide bonds. The molecule has 1 heterocycles. The molecule has 1 N–H and O–H groups in total. The van der Waals surface area contributed by atoms with Gasteiger partial charge in [-0.3, -0.25) is 9.69 Å². The molecule has 2 atom stereocenters. The van der Waals surface area contributed by atoms with Crippen molar-refractivity contribution < 1.29 is 29.0 Å². The van der Waals surface area contributed by atoms with Crippen molar-refractivity contribution in [3.63, 3.8) is 0 Å². The van der Waals surface area contributed by atoms with E-state index in [0.29, 0.717) is 10.6 Å². The van der Waals surface area contributed by atoms with Crippen LogP contribution < -0.4 is 0 Å². The van der Waals surface area contributed by atoms with E-state index in [1.165, 1.54) is 12.1 Å². The predicted molar refractivity (Wildman–Crippen MR) is 94.0 cm³/mol. The minimum Gasteiger partial charge on any atom is -0.456 e. The average Bonchev–Trinajstić information content (AvgIpc) is 2.99. The van der Waals surface area contributed by atoms with Crippen LogP contribution in [0.2, 0.25) is 5.02 Å². The molecule has 26 heavy (non-hydrogen) atoms. The molecule has 7 nitrogen and oxygen atoms in total. The number of nitrogens with zero attached hydrogens (tertiary/aromatic N) is 1. The van der Waals surface area contributed by atoms with Crippen LogP contribution in [0.4, 0.5) is 4.79 Å². The molecule has 0 bridgehead atoms. The number of β-amino-alcohol motifs (C(OH)–C–C–N with tert-alkyl or cyclic N) is 1. The van der Waals surface area contributed by atoms with E-state index in [1.807, 2.05) is 13.8 Å². The molecule has 1 aromatic carbocycles. The Labute approximate surface area is 156 Å². The third kappa shape index (κ3) is 5.44. The summed E-state index contributed by atoms with van der Waals surface area (Å²) in [7, 11) is 0. The van der Waals surface area contributed by atoms with E-state index >= 15 is 0 Å². The highest BCUT2D eigenvalue weighted by atomic mass is 35.5. The molecule has 1 saturated heterocycles. The highest BCUT2D eigenvalue weighted by Gasteiger charge is 2.41. The zero-order valence-corrected chi connectivity index (χ0v) is 15.4. The lowest BCUT2D eigenvalue weighted by atomic mass is 10.1. The number of ketones is 1. The molecule has 1 fully saturated rings. The van der Waals surface area contributed by atoms with Crippen molar-refractivity contribution in [1.82, 2.24) is 4.90 Å². The van der Waals surface area contributed by atoms with Crippen molar-refractivity contribution in [2.24, 2.45) is 5.92 Å². The quantitative estimate of drug-likeness (QED) is 0.598. The van der Waals surface area contributed by atoms with Gasteiger partial charge in [-0.2, -0.15) is 0 Å². The highest BCUT2D eigenvalue weighted by molar-refractivity contribution is 6.30. The number of halogens is 1. The van der Waals surface area contributed by atoms with Crippen molar-refractivity contribution in [3.8, 4) is 0 Å². The predicted octanol–water partition coefficient (Wildman–Crippen LogP) is 2.29. The third-order valence-corrected chi connectivity index (χ3v) is 4.09. The van der Waals surface area contributed by atoms with Crippen LogP contribution in [0.15, 0.2) is 24.3 Å². The van der Waals surface area contributed by atoms with Crippen LogP contribution in [-0.4, -0.2) is 59.8 Å². The second kappa shape index (κ2) is 9.00. The number of rotatable bonds is 6. The first-order valence-electron chi connectivity index (χ1n) is 8.34. The Morgan fingerprint density at radius 3 is 2.50 bits per heavy atom. The SMILES string of the molecule is CC(C)COC(=O)N1C[C@H](O)C[C@@H]1C(=O)OCC(=O)c1ccc(Cl)cc1. The summed E-state index contributed by atoms with van der Waals surface area (Å²) in [5, 5.41) is 10.3. The Kier molecular flexibility index (Phi) is 6.99. The first kappa shape index (κ1) is 20.2. The van der Waals surface area contributed by atoms with Gasteiger partial charge in [-0.25, -0.2) is 9.59 Å². The number of amides is 1. The molecule has 0 saturated carbocycles. The van der Waals surface area contributed by atoms with Crippen LogP contribution in [0.1, 0.15) is 30.6 Å². The molecule has 0 aliphatic carbocycles. The van der Waals surface area contributed by atoms with E-state index in [4.69, 9.17) is 21.1 Å². The molecule has 0 aromatic heterocycles. The first-order chi connectivity index (χ1) is 12.3. The van der Waals surface area contributed by atoms with Gasteiger partial charge in [0, 0.05) is 17.0 Å². The van der Waals surface area contributed by atoms with Crippen molar-refractivity contribution in [1.29, 1.82) is 0 Å². The van der Waals surface area contributed by atoms with Gasteiger partial charge in [-0.1, -0.05) is 25.4 Å². The molecule has 2 rings (SSSR count). The van der Waals surface area contributed by atoms with Gasteiger partial charge in [0.15, 0.2) is 12.4 Å². The number of aliphatic hydroxyl groups is 1.